The minimum Gasteiger partial charge on any atom is -0.486 e. The molecule has 0 unspecified atom stereocenters. The van der Waals surface area contributed by atoms with Gasteiger partial charge in [-0.1, -0.05) is 13.8 Å². The summed E-state index contributed by atoms with van der Waals surface area (Å²) in [4.78, 5) is 22.2. The molecule has 26 heavy (non-hydrogen) atoms. The molecule has 0 spiro atoms. The van der Waals surface area contributed by atoms with Crippen molar-refractivity contribution >= 4 is 17.2 Å². The van der Waals surface area contributed by atoms with E-state index in [4.69, 9.17) is 9.47 Å². The molecule has 1 N–H and O–H groups in total. The van der Waals surface area contributed by atoms with Gasteiger partial charge in [0.15, 0.2) is 0 Å². The summed E-state index contributed by atoms with van der Waals surface area (Å²) in [6.45, 7) is 9.02. The van der Waals surface area contributed by atoms with Crippen molar-refractivity contribution in [2.24, 2.45) is 0 Å². The standard InChI is InChI=1S/C19H25N3O3S/c1-11(2)19-21-13(4)17(26-19)18(23)22-15-10-24-8-7-16(15)25-14-6-5-12(3)20-9-14/h5-6,9,11,15-16H,7-8,10H2,1-4H3,(H,22,23)/t15-,16+/m1/s1. The lowest BCUT2D eigenvalue weighted by Crippen LogP contribution is -2.51. The lowest BCUT2D eigenvalue weighted by Gasteiger charge is -2.32. The second kappa shape index (κ2) is 8.14. The molecular weight excluding hydrogens is 350 g/mol. The largest absolute Gasteiger partial charge is 0.486 e. The summed E-state index contributed by atoms with van der Waals surface area (Å²) in [6.07, 6.45) is 2.29. The molecule has 140 valence electrons. The van der Waals surface area contributed by atoms with Crippen LogP contribution in [-0.2, 0) is 4.74 Å². The van der Waals surface area contributed by atoms with Crippen LogP contribution in [0.2, 0.25) is 0 Å². The molecule has 0 aromatic carbocycles. The number of nitrogens with one attached hydrogen (secondary N) is 1. The van der Waals surface area contributed by atoms with Crippen molar-refractivity contribution in [1.82, 2.24) is 15.3 Å². The molecule has 7 heteroatoms. The van der Waals surface area contributed by atoms with Gasteiger partial charge in [-0.05, 0) is 26.0 Å². The molecule has 2 aromatic heterocycles. The van der Waals surface area contributed by atoms with Crippen molar-refractivity contribution in [3.63, 3.8) is 0 Å². The van der Waals surface area contributed by atoms with Gasteiger partial charge in [-0.25, -0.2) is 4.98 Å². The Morgan fingerprint density at radius 3 is 2.85 bits per heavy atom. The van der Waals surface area contributed by atoms with E-state index in [1.165, 1.54) is 11.3 Å². The summed E-state index contributed by atoms with van der Waals surface area (Å²) in [5, 5.41) is 4.05. The van der Waals surface area contributed by atoms with Gasteiger partial charge in [-0.2, -0.15) is 0 Å². The quantitative estimate of drug-likeness (QED) is 0.868. The second-order valence-corrected chi connectivity index (χ2v) is 7.89. The molecule has 0 radical (unpaired) electrons. The molecule has 1 saturated heterocycles. The van der Waals surface area contributed by atoms with E-state index >= 15 is 0 Å². The first-order chi connectivity index (χ1) is 12.4. The first-order valence-corrected chi connectivity index (χ1v) is 9.71. The topological polar surface area (TPSA) is 73.3 Å². The third-order valence-corrected chi connectivity index (χ3v) is 5.75. The molecule has 0 aliphatic carbocycles. The fourth-order valence-corrected chi connectivity index (χ4v) is 3.77. The highest BCUT2D eigenvalue weighted by Crippen LogP contribution is 2.25. The van der Waals surface area contributed by atoms with Crippen LogP contribution in [0.1, 0.15) is 52.3 Å². The summed E-state index contributed by atoms with van der Waals surface area (Å²) < 4.78 is 11.6. The van der Waals surface area contributed by atoms with Gasteiger partial charge in [0.2, 0.25) is 0 Å². The van der Waals surface area contributed by atoms with E-state index in [-0.39, 0.29) is 18.1 Å². The fourth-order valence-electron chi connectivity index (χ4n) is 2.80. The van der Waals surface area contributed by atoms with E-state index in [1.54, 1.807) is 6.20 Å². The molecule has 1 aliphatic rings. The van der Waals surface area contributed by atoms with Crippen LogP contribution in [-0.4, -0.2) is 41.2 Å². The van der Waals surface area contributed by atoms with E-state index in [1.807, 2.05) is 26.0 Å². The van der Waals surface area contributed by atoms with E-state index in [0.29, 0.717) is 29.8 Å². The molecular formula is C19H25N3O3S. The first-order valence-electron chi connectivity index (χ1n) is 8.89. The van der Waals surface area contributed by atoms with Crippen LogP contribution in [0.15, 0.2) is 18.3 Å². The van der Waals surface area contributed by atoms with Crippen molar-refractivity contribution in [1.29, 1.82) is 0 Å². The number of carbonyl (C=O) groups excluding carboxylic acids is 1. The Kier molecular flexibility index (Phi) is 5.88. The number of ether oxygens (including phenoxy) is 2. The minimum atomic E-state index is -0.207. The zero-order valence-electron chi connectivity index (χ0n) is 15.6. The lowest BCUT2D eigenvalue weighted by atomic mass is 10.1. The highest BCUT2D eigenvalue weighted by molar-refractivity contribution is 7.13. The first kappa shape index (κ1) is 18.8. The predicted molar refractivity (Wildman–Crippen MR) is 101 cm³/mol. The Bertz CT molecular complexity index is 758. The SMILES string of the molecule is Cc1ccc(O[C@H]2CCOC[C@H]2NC(=O)c2sc(C(C)C)nc2C)cn1. The smallest absolute Gasteiger partial charge is 0.263 e. The van der Waals surface area contributed by atoms with E-state index < -0.39 is 0 Å². The zero-order chi connectivity index (χ0) is 18.7. The summed E-state index contributed by atoms with van der Waals surface area (Å²) in [7, 11) is 0. The van der Waals surface area contributed by atoms with Crippen LogP contribution >= 0.6 is 11.3 Å². The van der Waals surface area contributed by atoms with Gasteiger partial charge in [0.05, 0.1) is 36.2 Å². The fraction of sp³-hybridized carbons (Fsp3) is 0.526. The number of carbonyl (C=O) groups is 1. The second-order valence-electron chi connectivity index (χ2n) is 6.86. The number of aryl methyl sites for hydroxylation is 2. The highest BCUT2D eigenvalue weighted by atomic mass is 32.1. The van der Waals surface area contributed by atoms with Gasteiger partial charge in [-0.15, -0.1) is 11.3 Å². The maximum Gasteiger partial charge on any atom is 0.263 e. The maximum absolute atomic E-state index is 12.7. The van der Waals surface area contributed by atoms with Gasteiger partial charge in [0.1, 0.15) is 16.7 Å². The van der Waals surface area contributed by atoms with Gasteiger partial charge in [0, 0.05) is 18.0 Å². The number of thiazole rings is 1. The molecule has 0 bridgehead atoms. The Labute approximate surface area is 158 Å². The molecule has 1 fully saturated rings. The summed E-state index contributed by atoms with van der Waals surface area (Å²) in [6, 6.07) is 3.61. The summed E-state index contributed by atoms with van der Waals surface area (Å²) in [5.41, 5.74) is 1.71. The molecule has 0 saturated carbocycles. The van der Waals surface area contributed by atoms with Crippen LogP contribution in [0.5, 0.6) is 5.75 Å². The van der Waals surface area contributed by atoms with Gasteiger partial charge in [-0.3, -0.25) is 9.78 Å². The third kappa shape index (κ3) is 4.40. The number of pyridine rings is 1. The van der Waals surface area contributed by atoms with Crippen LogP contribution in [0, 0.1) is 13.8 Å². The number of amides is 1. The molecule has 2 atom stereocenters. The highest BCUT2D eigenvalue weighted by Gasteiger charge is 2.30. The predicted octanol–water partition coefficient (Wildman–Crippen LogP) is 3.24. The van der Waals surface area contributed by atoms with E-state index in [2.05, 4.69) is 29.1 Å². The van der Waals surface area contributed by atoms with Crippen molar-refractivity contribution in [3.8, 4) is 5.75 Å². The van der Waals surface area contributed by atoms with Crippen molar-refractivity contribution in [3.05, 3.63) is 39.6 Å². The van der Waals surface area contributed by atoms with Crippen LogP contribution in [0.25, 0.3) is 0 Å². The Morgan fingerprint density at radius 1 is 1.38 bits per heavy atom. The van der Waals surface area contributed by atoms with Crippen LogP contribution in [0.4, 0.5) is 0 Å². The third-order valence-electron chi connectivity index (χ3n) is 4.29. The van der Waals surface area contributed by atoms with Crippen molar-refractivity contribution in [2.45, 2.75) is 52.2 Å². The number of hydrogen-bond acceptors (Lipinski definition) is 6. The van der Waals surface area contributed by atoms with Crippen LogP contribution in [0.3, 0.4) is 0 Å². The molecule has 2 aromatic rings. The number of hydrogen-bond donors (Lipinski definition) is 1. The molecule has 3 heterocycles. The Balaban J connectivity index is 1.69. The van der Waals surface area contributed by atoms with Gasteiger partial charge in [0.25, 0.3) is 5.91 Å². The summed E-state index contributed by atoms with van der Waals surface area (Å²) >= 11 is 1.46. The van der Waals surface area contributed by atoms with E-state index in [0.717, 1.165) is 22.8 Å². The molecule has 3 rings (SSSR count). The number of aromatic nitrogens is 2. The average molecular weight is 375 g/mol. The normalized spacial score (nSPS) is 20.2. The number of rotatable bonds is 5. The van der Waals surface area contributed by atoms with Crippen LogP contribution < -0.4 is 10.1 Å². The summed E-state index contributed by atoms with van der Waals surface area (Å²) in [5.74, 6) is 0.902. The Hall–Kier alpha value is -1.99. The number of nitrogens with zero attached hydrogens (tertiary/aromatic N) is 2. The average Bonchev–Trinajstić information content (AvgIpc) is 3.01. The molecule has 1 aliphatic heterocycles. The lowest BCUT2D eigenvalue weighted by molar-refractivity contribution is -0.00297. The van der Waals surface area contributed by atoms with Crippen molar-refractivity contribution in [2.75, 3.05) is 13.2 Å². The van der Waals surface area contributed by atoms with Gasteiger partial charge < -0.3 is 14.8 Å². The van der Waals surface area contributed by atoms with Gasteiger partial charge >= 0.3 is 0 Å². The maximum atomic E-state index is 12.7. The molecule has 6 nitrogen and oxygen atoms in total. The van der Waals surface area contributed by atoms with E-state index in [9.17, 15) is 4.79 Å². The monoisotopic (exact) mass is 375 g/mol. The minimum absolute atomic E-state index is 0.113. The Morgan fingerprint density at radius 2 is 2.19 bits per heavy atom. The zero-order valence-corrected chi connectivity index (χ0v) is 16.4. The van der Waals surface area contributed by atoms with Crippen molar-refractivity contribution < 1.29 is 14.3 Å². The molecule has 1 amide bonds.